The van der Waals surface area contributed by atoms with Crippen LogP contribution in [-0.2, 0) is 13.0 Å². The summed E-state index contributed by atoms with van der Waals surface area (Å²) in [6, 6.07) is 9.79. The zero-order valence-electron chi connectivity index (χ0n) is 12.5. The summed E-state index contributed by atoms with van der Waals surface area (Å²) in [5.74, 6) is 1.58. The average Bonchev–Trinajstić information content (AvgIpc) is 2.91. The highest BCUT2D eigenvalue weighted by Crippen LogP contribution is 2.13. The van der Waals surface area contributed by atoms with Gasteiger partial charge in [-0.25, -0.2) is 0 Å². The van der Waals surface area contributed by atoms with Crippen LogP contribution in [0.5, 0.6) is 5.75 Å². The number of aliphatic hydroxyl groups is 1. The van der Waals surface area contributed by atoms with Crippen LogP contribution in [-0.4, -0.2) is 29.5 Å². The highest BCUT2D eigenvalue weighted by Gasteiger charge is 2.06. The Morgan fingerprint density at radius 2 is 2.24 bits per heavy atom. The van der Waals surface area contributed by atoms with E-state index in [1.54, 1.807) is 0 Å². The Labute approximate surface area is 124 Å². The second-order valence-corrected chi connectivity index (χ2v) is 5.03. The first kappa shape index (κ1) is 15.5. The number of nitrogens with zero attached hydrogens (tertiary/aromatic N) is 1. The molecule has 1 heterocycles. The van der Waals surface area contributed by atoms with Crippen molar-refractivity contribution in [3.63, 3.8) is 0 Å². The van der Waals surface area contributed by atoms with Crippen LogP contribution >= 0.6 is 0 Å². The molecule has 1 atom stereocenters. The van der Waals surface area contributed by atoms with Crippen molar-refractivity contribution < 1.29 is 14.4 Å². The van der Waals surface area contributed by atoms with Gasteiger partial charge in [0.1, 0.15) is 24.2 Å². The molecule has 2 N–H and O–H groups in total. The van der Waals surface area contributed by atoms with E-state index in [-0.39, 0.29) is 6.61 Å². The van der Waals surface area contributed by atoms with Crippen molar-refractivity contribution in [1.29, 1.82) is 0 Å². The Hall–Kier alpha value is -1.85. The third kappa shape index (κ3) is 5.21. The van der Waals surface area contributed by atoms with Gasteiger partial charge in [-0.05, 0) is 31.0 Å². The van der Waals surface area contributed by atoms with E-state index in [1.807, 2.05) is 31.2 Å². The molecule has 0 spiro atoms. The molecule has 2 aromatic rings. The number of ether oxygens (including phenoxy) is 1. The Balaban J connectivity index is 1.68. The molecule has 2 rings (SSSR count). The molecule has 1 aromatic heterocycles. The number of hydrogen-bond acceptors (Lipinski definition) is 5. The van der Waals surface area contributed by atoms with Gasteiger partial charge in [0.15, 0.2) is 0 Å². The van der Waals surface area contributed by atoms with E-state index < -0.39 is 6.10 Å². The summed E-state index contributed by atoms with van der Waals surface area (Å²) >= 11 is 0. The molecule has 0 bridgehead atoms. The molecule has 5 heteroatoms. The number of nitrogens with one attached hydrogen (secondary N) is 1. The quantitative estimate of drug-likeness (QED) is 0.779. The number of aryl methyl sites for hydroxylation is 2. The standard InChI is InChI=1S/C16H22N2O3/c1-3-13-5-4-6-16(8-13)20-11-15(19)10-17-9-14-7-12(2)21-18-14/h4-8,15,17,19H,3,9-11H2,1-2H3. The minimum absolute atomic E-state index is 0.262. The second-order valence-electron chi connectivity index (χ2n) is 5.03. The molecule has 0 saturated carbocycles. The Morgan fingerprint density at radius 3 is 2.95 bits per heavy atom. The van der Waals surface area contributed by atoms with E-state index >= 15 is 0 Å². The molecule has 5 nitrogen and oxygen atoms in total. The number of hydrogen-bond donors (Lipinski definition) is 2. The largest absolute Gasteiger partial charge is 0.491 e. The van der Waals surface area contributed by atoms with Crippen LogP contribution < -0.4 is 10.1 Å². The highest BCUT2D eigenvalue weighted by molar-refractivity contribution is 5.28. The fraction of sp³-hybridized carbons (Fsp3) is 0.438. The highest BCUT2D eigenvalue weighted by atomic mass is 16.5. The summed E-state index contributed by atoms with van der Waals surface area (Å²) in [6.45, 7) is 5.23. The van der Waals surface area contributed by atoms with Crippen LogP contribution in [0.25, 0.3) is 0 Å². The van der Waals surface area contributed by atoms with Gasteiger partial charge in [-0.2, -0.15) is 0 Å². The van der Waals surface area contributed by atoms with Gasteiger partial charge in [0, 0.05) is 19.2 Å². The van der Waals surface area contributed by atoms with Gasteiger partial charge >= 0.3 is 0 Å². The maximum absolute atomic E-state index is 9.89. The normalized spacial score (nSPS) is 12.3. The minimum atomic E-state index is -0.566. The summed E-state index contributed by atoms with van der Waals surface area (Å²) in [6.07, 6.45) is 0.404. The summed E-state index contributed by atoms with van der Waals surface area (Å²) in [5.41, 5.74) is 2.05. The first-order valence-corrected chi connectivity index (χ1v) is 7.20. The third-order valence-corrected chi connectivity index (χ3v) is 3.11. The lowest BCUT2D eigenvalue weighted by Gasteiger charge is -2.13. The lowest BCUT2D eigenvalue weighted by atomic mass is 10.2. The number of benzene rings is 1. The molecule has 1 unspecified atom stereocenters. The van der Waals surface area contributed by atoms with Gasteiger partial charge in [-0.3, -0.25) is 0 Å². The van der Waals surface area contributed by atoms with Crippen molar-refractivity contribution in [3.8, 4) is 5.75 Å². The molecule has 114 valence electrons. The third-order valence-electron chi connectivity index (χ3n) is 3.11. The molecule has 0 aliphatic rings. The molecule has 0 fully saturated rings. The average molecular weight is 290 g/mol. The summed E-state index contributed by atoms with van der Waals surface area (Å²) in [7, 11) is 0. The Morgan fingerprint density at radius 1 is 1.38 bits per heavy atom. The second kappa shape index (κ2) is 7.81. The van der Waals surface area contributed by atoms with E-state index in [2.05, 4.69) is 23.5 Å². The van der Waals surface area contributed by atoms with Crippen LogP contribution in [0.15, 0.2) is 34.9 Å². The van der Waals surface area contributed by atoms with Crippen LogP contribution in [0.4, 0.5) is 0 Å². The first-order chi connectivity index (χ1) is 10.2. The predicted octanol–water partition coefficient (Wildman–Crippen LogP) is 2.07. The molecule has 0 radical (unpaired) electrons. The molecule has 0 amide bonds. The van der Waals surface area contributed by atoms with Crippen molar-refractivity contribution in [3.05, 3.63) is 47.3 Å². The Kier molecular flexibility index (Phi) is 5.78. The zero-order chi connectivity index (χ0) is 15.1. The van der Waals surface area contributed by atoms with Gasteiger partial charge in [0.25, 0.3) is 0 Å². The van der Waals surface area contributed by atoms with Crippen LogP contribution in [0, 0.1) is 6.92 Å². The molecule has 0 aliphatic carbocycles. The minimum Gasteiger partial charge on any atom is -0.491 e. The zero-order valence-corrected chi connectivity index (χ0v) is 12.5. The van der Waals surface area contributed by atoms with Gasteiger partial charge in [0.05, 0.1) is 5.69 Å². The number of aliphatic hydroxyl groups excluding tert-OH is 1. The summed E-state index contributed by atoms with van der Waals surface area (Å²) in [4.78, 5) is 0. The fourth-order valence-electron chi connectivity index (χ4n) is 1.97. The lowest BCUT2D eigenvalue weighted by Crippen LogP contribution is -2.31. The van der Waals surface area contributed by atoms with Crippen molar-refractivity contribution in [2.75, 3.05) is 13.2 Å². The van der Waals surface area contributed by atoms with E-state index in [4.69, 9.17) is 9.26 Å². The van der Waals surface area contributed by atoms with Gasteiger partial charge in [-0.1, -0.05) is 24.2 Å². The maximum Gasteiger partial charge on any atom is 0.133 e. The molecule has 21 heavy (non-hydrogen) atoms. The SMILES string of the molecule is CCc1cccc(OCC(O)CNCc2cc(C)on2)c1. The van der Waals surface area contributed by atoms with Crippen molar-refractivity contribution >= 4 is 0 Å². The van der Waals surface area contributed by atoms with E-state index in [1.165, 1.54) is 5.56 Å². The smallest absolute Gasteiger partial charge is 0.133 e. The topological polar surface area (TPSA) is 67.5 Å². The number of aromatic nitrogens is 1. The number of rotatable bonds is 8. The van der Waals surface area contributed by atoms with Gasteiger partial charge in [0.2, 0.25) is 0 Å². The molecule has 0 aliphatic heterocycles. The molecular formula is C16H22N2O3. The van der Waals surface area contributed by atoms with E-state index in [0.29, 0.717) is 13.1 Å². The van der Waals surface area contributed by atoms with E-state index in [9.17, 15) is 5.11 Å². The molecular weight excluding hydrogens is 268 g/mol. The fourth-order valence-corrected chi connectivity index (χ4v) is 1.97. The van der Waals surface area contributed by atoms with Gasteiger partial charge < -0.3 is 19.7 Å². The predicted molar refractivity (Wildman–Crippen MR) is 80.3 cm³/mol. The van der Waals surface area contributed by atoms with Crippen molar-refractivity contribution in [2.24, 2.45) is 0 Å². The van der Waals surface area contributed by atoms with Crippen LogP contribution in [0.1, 0.15) is 23.9 Å². The lowest BCUT2D eigenvalue weighted by molar-refractivity contribution is 0.106. The monoisotopic (exact) mass is 290 g/mol. The summed E-state index contributed by atoms with van der Waals surface area (Å²) in [5, 5.41) is 16.9. The Bertz CT molecular complexity index is 554. The van der Waals surface area contributed by atoms with Gasteiger partial charge in [-0.15, -0.1) is 0 Å². The summed E-state index contributed by atoms with van der Waals surface area (Å²) < 4.78 is 10.6. The maximum atomic E-state index is 9.89. The van der Waals surface area contributed by atoms with Crippen LogP contribution in [0.3, 0.4) is 0 Å². The van der Waals surface area contributed by atoms with E-state index in [0.717, 1.165) is 23.6 Å². The molecule has 0 saturated heterocycles. The first-order valence-electron chi connectivity index (χ1n) is 7.20. The van der Waals surface area contributed by atoms with Crippen molar-refractivity contribution in [1.82, 2.24) is 10.5 Å². The molecule has 1 aromatic carbocycles. The van der Waals surface area contributed by atoms with Crippen LogP contribution in [0.2, 0.25) is 0 Å². The van der Waals surface area contributed by atoms with Crippen molar-refractivity contribution in [2.45, 2.75) is 32.9 Å².